The molecule has 0 radical (unpaired) electrons. The van der Waals surface area contributed by atoms with Gasteiger partial charge < -0.3 is 19.7 Å². The van der Waals surface area contributed by atoms with E-state index < -0.39 is 28.8 Å². The summed E-state index contributed by atoms with van der Waals surface area (Å²) in [6, 6.07) is 19.1. The number of para-hydroxylation sites is 2. The summed E-state index contributed by atoms with van der Waals surface area (Å²) in [5.74, 6) is -0.585. The number of carbonyl (C=O) groups is 3. The molecule has 4 atom stereocenters. The first kappa shape index (κ1) is 24.6. The third-order valence-corrected chi connectivity index (χ3v) is 8.83. The van der Waals surface area contributed by atoms with Crippen molar-refractivity contribution in [2.75, 3.05) is 17.0 Å². The summed E-state index contributed by atoms with van der Waals surface area (Å²) in [6.07, 6.45) is 2.07. The van der Waals surface area contributed by atoms with Crippen molar-refractivity contribution in [1.29, 1.82) is 0 Å². The van der Waals surface area contributed by atoms with E-state index in [-0.39, 0.29) is 24.3 Å². The molecular weight excluding hydrogens is 504 g/mol. The lowest BCUT2D eigenvalue weighted by Crippen LogP contribution is -2.51. The van der Waals surface area contributed by atoms with Gasteiger partial charge in [-0.05, 0) is 48.4 Å². The van der Waals surface area contributed by atoms with Crippen molar-refractivity contribution in [3.05, 3.63) is 89.5 Å². The van der Waals surface area contributed by atoms with Crippen molar-refractivity contribution < 1.29 is 23.9 Å². The minimum Gasteiger partial charge on any atom is -0.454 e. The molecule has 7 heteroatoms. The average Bonchev–Trinajstić information content (AvgIpc) is 3.61. The Morgan fingerprint density at radius 1 is 0.975 bits per heavy atom. The van der Waals surface area contributed by atoms with Crippen molar-refractivity contribution >= 4 is 34.4 Å². The molecule has 1 amide bonds. The Balaban J connectivity index is 1.54. The van der Waals surface area contributed by atoms with Crippen LogP contribution in [-0.2, 0) is 15.0 Å². The van der Waals surface area contributed by atoms with E-state index in [4.69, 9.17) is 9.47 Å². The van der Waals surface area contributed by atoms with E-state index in [2.05, 4.69) is 11.4 Å². The number of ketones is 2. The summed E-state index contributed by atoms with van der Waals surface area (Å²) in [4.78, 5) is 45.8. The van der Waals surface area contributed by atoms with Crippen LogP contribution in [0.15, 0.2) is 72.8 Å². The predicted octanol–water partition coefficient (Wildman–Crippen LogP) is 5.39. The number of rotatable bonds is 3. The number of ether oxygens (including phenoxy) is 2. The molecule has 0 aromatic heterocycles. The number of fused-ring (bicyclic) bond motifs is 7. The van der Waals surface area contributed by atoms with Crippen molar-refractivity contribution in [1.82, 2.24) is 0 Å². The van der Waals surface area contributed by atoms with E-state index >= 15 is 0 Å². The van der Waals surface area contributed by atoms with Gasteiger partial charge in [0.25, 0.3) is 0 Å². The Morgan fingerprint density at radius 3 is 2.50 bits per heavy atom. The first-order valence-electron chi connectivity index (χ1n) is 13.6. The number of hydrogen-bond donors (Lipinski definition) is 1. The molecule has 1 spiro atoms. The molecule has 0 saturated carbocycles. The Morgan fingerprint density at radius 2 is 1.70 bits per heavy atom. The highest BCUT2D eigenvalue weighted by Crippen LogP contribution is 2.59. The Bertz CT molecular complexity index is 1650. The van der Waals surface area contributed by atoms with E-state index in [9.17, 15) is 14.4 Å². The average molecular weight is 535 g/mol. The van der Waals surface area contributed by atoms with Gasteiger partial charge in [0.15, 0.2) is 23.1 Å². The fourth-order valence-corrected chi connectivity index (χ4v) is 7.06. The Hall–Kier alpha value is -4.39. The number of amides is 1. The highest BCUT2D eigenvalue weighted by Gasteiger charge is 2.71. The van der Waals surface area contributed by atoms with E-state index in [0.717, 1.165) is 22.4 Å². The van der Waals surface area contributed by atoms with Crippen molar-refractivity contribution in [3.8, 4) is 11.5 Å². The molecule has 40 heavy (non-hydrogen) atoms. The monoisotopic (exact) mass is 534 g/mol. The van der Waals surface area contributed by atoms with Crippen LogP contribution in [0, 0.1) is 11.3 Å². The largest absolute Gasteiger partial charge is 0.454 e. The highest BCUT2D eigenvalue weighted by atomic mass is 16.7. The SMILES string of the molecule is CC1=CC2N(c3ccccc31)C(C(=O)C(C)(C)C)C(C(=O)c1ccc3c(c1)OCO3)C21C(=O)Nc2ccccc21. The number of Topliss-reactive ketones (excluding diaryl/α,β-unsaturated/α-hetero) is 2. The van der Waals surface area contributed by atoms with Crippen LogP contribution in [0.4, 0.5) is 11.4 Å². The van der Waals surface area contributed by atoms with Crippen LogP contribution in [0.2, 0.25) is 0 Å². The lowest BCUT2D eigenvalue weighted by Gasteiger charge is -2.39. The molecule has 202 valence electrons. The summed E-state index contributed by atoms with van der Waals surface area (Å²) >= 11 is 0. The second-order valence-corrected chi connectivity index (χ2v) is 12.1. The normalized spacial score (nSPS) is 25.7. The van der Waals surface area contributed by atoms with Crippen LogP contribution >= 0.6 is 0 Å². The topological polar surface area (TPSA) is 84.9 Å². The third kappa shape index (κ3) is 3.14. The summed E-state index contributed by atoms with van der Waals surface area (Å²) in [5.41, 5.74) is 2.54. The molecule has 3 aromatic rings. The van der Waals surface area contributed by atoms with Gasteiger partial charge in [-0.1, -0.05) is 63.2 Å². The standard InChI is InChI=1S/C33H30N2O5/c1-18-15-26-33(21-10-6-7-11-22(21)34-31(33)38)27(29(36)19-13-14-24-25(16-19)40-17-39-24)28(30(37)32(2,3)4)35(26)23-12-8-5-9-20(18)23/h5-16,26-28H,17H2,1-4H3,(H,34,38). The molecule has 0 bridgehead atoms. The zero-order chi connectivity index (χ0) is 28.0. The molecule has 4 aliphatic rings. The molecule has 3 aromatic carbocycles. The van der Waals surface area contributed by atoms with Crippen LogP contribution in [-0.4, -0.2) is 36.4 Å². The molecule has 7 nitrogen and oxygen atoms in total. The zero-order valence-electron chi connectivity index (χ0n) is 22.9. The van der Waals surface area contributed by atoms with E-state index in [1.54, 1.807) is 18.2 Å². The zero-order valence-corrected chi connectivity index (χ0v) is 22.9. The second kappa shape index (κ2) is 8.31. The van der Waals surface area contributed by atoms with Crippen LogP contribution in [0.25, 0.3) is 5.57 Å². The number of hydrogen-bond acceptors (Lipinski definition) is 6. The minimum atomic E-state index is -1.33. The lowest BCUT2D eigenvalue weighted by atomic mass is 9.63. The molecule has 1 saturated heterocycles. The highest BCUT2D eigenvalue weighted by molar-refractivity contribution is 6.17. The Labute approximate surface area is 232 Å². The molecule has 4 aliphatic heterocycles. The number of allylic oxidation sites excluding steroid dienone is 1. The molecule has 1 fully saturated rings. The van der Waals surface area contributed by atoms with Crippen LogP contribution in [0.5, 0.6) is 11.5 Å². The smallest absolute Gasteiger partial charge is 0.238 e. The van der Waals surface area contributed by atoms with Crippen molar-refractivity contribution in [2.24, 2.45) is 11.3 Å². The summed E-state index contributed by atoms with van der Waals surface area (Å²) in [7, 11) is 0. The molecular formula is C33H30N2O5. The lowest BCUT2D eigenvalue weighted by molar-refractivity contribution is -0.128. The quantitative estimate of drug-likeness (QED) is 0.454. The van der Waals surface area contributed by atoms with Gasteiger partial charge in [0.1, 0.15) is 11.5 Å². The summed E-state index contributed by atoms with van der Waals surface area (Å²) in [6.45, 7) is 7.72. The molecule has 0 aliphatic carbocycles. The van der Waals surface area contributed by atoms with E-state index in [1.165, 1.54) is 0 Å². The number of anilines is 2. The predicted molar refractivity (Wildman–Crippen MR) is 152 cm³/mol. The fourth-order valence-electron chi connectivity index (χ4n) is 7.06. The van der Waals surface area contributed by atoms with Gasteiger partial charge in [-0.15, -0.1) is 0 Å². The maximum absolute atomic E-state index is 14.9. The number of benzene rings is 3. The van der Waals surface area contributed by atoms with Gasteiger partial charge >= 0.3 is 0 Å². The second-order valence-electron chi connectivity index (χ2n) is 12.1. The fraction of sp³-hybridized carbons (Fsp3) is 0.303. The van der Waals surface area contributed by atoms with Crippen LogP contribution in [0.3, 0.4) is 0 Å². The van der Waals surface area contributed by atoms with Crippen molar-refractivity contribution in [3.63, 3.8) is 0 Å². The summed E-state index contributed by atoms with van der Waals surface area (Å²) < 4.78 is 11.1. The Kier molecular flexibility index (Phi) is 5.12. The number of nitrogens with zero attached hydrogens (tertiary/aromatic N) is 1. The first-order valence-corrected chi connectivity index (χ1v) is 13.6. The van der Waals surface area contributed by atoms with Crippen LogP contribution in [0.1, 0.15) is 49.2 Å². The van der Waals surface area contributed by atoms with Gasteiger partial charge in [-0.25, -0.2) is 0 Å². The van der Waals surface area contributed by atoms with Gasteiger partial charge in [0, 0.05) is 27.9 Å². The van der Waals surface area contributed by atoms with Gasteiger partial charge in [-0.3, -0.25) is 14.4 Å². The molecule has 1 N–H and O–H groups in total. The number of nitrogens with one attached hydrogen (secondary N) is 1. The molecule has 7 rings (SSSR count). The minimum absolute atomic E-state index is 0.0813. The van der Waals surface area contributed by atoms with E-state index in [1.807, 2.05) is 81.1 Å². The third-order valence-electron chi connectivity index (χ3n) is 8.83. The van der Waals surface area contributed by atoms with Gasteiger partial charge in [0.2, 0.25) is 12.7 Å². The number of carbonyl (C=O) groups excluding carboxylic acids is 3. The molecule has 4 unspecified atom stereocenters. The maximum Gasteiger partial charge on any atom is 0.238 e. The van der Waals surface area contributed by atoms with Gasteiger partial charge in [0.05, 0.1) is 12.0 Å². The summed E-state index contributed by atoms with van der Waals surface area (Å²) in [5, 5.41) is 3.08. The van der Waals surface area contributed by atoms with Crippen LogP contribution < -0.4 is 19.7 Å². The van der Waals surface area contributed by atoms with Gasteiger partial charge in [-0.2, -0.15) is 0 Å². The van der Waals surface area contributed by atoms with E-state index in [0.29, 0.717) is 22.7 Å². The first-order chi connectivity index (χ1) is 19.1. The van der Waals surface area contributed by atoms with Crippen molar-refractivity contribution in [2.45, 2.75) is 45.2 Å². The maximum atomic E-state index is 14.9. The molecule has 4 heterocycles.